The first kappa shape index (κ1) is 12.8. The van der Waals surface area contributed by atoms with Crippen molar-refractivity contribution in [3.8, 4) is 0 Å². The van der Waals surface area contributed by atoms with Gasteiger partial charge in [-0.25, -0.2) is 4.98 Å². The maximum absolute atomic E-state index is 5.90. The van der Waals surface area contributed by atoms with E-state index in [1.54, 1.807) is 11.0 Å². The summed E-state index contributed by atoms with van der Waals surface area (Å²) in [5, 5.41) is 4.08. The van der Waals surface area contributed by atoms with Crippen molar-refractivity contribution in [1.29, 1.82) is 0 Å². The van der Waals surface area contributed by atoms with Gasteiger partial charge in [0.2, 0.25) is 0 Å². The molecule has 1 aliphatic rings. The highest BCUT2D eigenvalue weighted by Gasteiger charge is 2.33. The van der Waals surface area contributed by atoms with E-state index in [2.05, 4.69) is 28.8 Å². The molecular weight excluding hydrogens is 240 g/mol. The van der Waals surface area contributed by atoms with Gasteiger partial charge >= 0.3 is 0 Å². The van der Waals surface area contributed by atoms with Crippen molar-refractivity contribution in [2.45, 2.75) is 32.1 Å². The molecule has 0 amide bonds. The summed E-state index contributed by atoms with van der Waals surface area (Å²) < 4.78 is 7.69. The zero-order valence-corrected chi connectivity index (χ0v) is 11.3. The van der Waals surface area contributed by atoms with Crippen LogP contribution in [0.3, 0.4) is 0 Å². The van der Waals surface area contributed by atoms with Gasteiger partial charge in [0.15, 0.2) is 0 Å². The lowest BCUT2D eigenvalue weighted by molar-refractivity contribution is -0.130. The molecule has 2 rings (SSSR count). The molecule has 0 N–H and O–H groups in total. The molecule has 1 saturated heterocycles. The lowest BCUT2D eigenvalue weighted by Gasteiger charge is -2.42. The first-order valence-electron chi connectivity index (χ1n) is 5.79. The summed E-state index contributed by atoms with van der Waals surface area (Å²) in [7, 11) is 1.91. The zero-order valence-electron chi connectivity index (χ0n) is 10.6. The predicted molar refractivity (Wildman–Crippen MR) is 66.0 cm³/mol. The second-order valence-corrected chi connectivity index (χ2v) is 5.43. The monoisotopic (exact) mass is 258 g/mol. The van der Waals surface area contributed by atoms with E-state index < -0.39 is 0 Å². The Kier molecular flexibility index (Phi) is 3.70. The standard InChI is InChI=1S/C11H19ClN4O/c1-11(2)7-16(5-9(4-12)17-11)6-10-13-8-14-15(10)3/h8-9H,4-7H2,1-3H3. The fourth-order valence-electron chi connectivity index (χ4n) is 2.28. The Bertz CT molecular complexity index is 379. The van der Waals surface area contributed by atoms with Crippen LogP contribution in [0.15, 0.2) is 6.33 Å². The van der Waals surface area contributed by atoms with Crippen molar-refractivity contribution < 1.29 is 4.74 Å². The molecule has 17 heavy (non-hydrogen) atoms. The summed E-state index contributed by atoms with van der Waals surface area (Å²) in [6, 6.07) is 0. The molecule has 2 heterocycles. The van der Waals surface area contributed by atoms with Gasteiger partial charge in [-0.1, -0.05) is 0 Å². The van der Waals surface area contributed by atoms with E-state index in [-0.39, 0.29) is 11.7 Å². The Morgan fingerprint density at radius 1 is 1.59 bits per heavy atom. The van der Waals surface area contributed by atoms with Crippen molar-refractivity contribution in [1.82, 2.24) is 19.7 Å². The summed E-state index contributed by atoms with van der Waals surface area (Å²) in [4.78, 5) is 6.56. The van der Waals surface area contributed by atoms with Crippen molar-refractivity contribution in [2.24, 2.45) is 7.05 Å². The first-order valence-corrected chi connectivity index (χ1v) is 6.32. The van der Waals surface area contributed by atoms with Gasteiger partial charge in [-0.3, -0.25) is 9.58 Å². The highest BCUT2D eigenvalue weighted by molar-refractivity contribution is 6.18. The number of hydrogen-bond donors (Lipinski definition) is 0. The number of ether oxygens (including phenoxy) is 1. The second kappa shape index (κ2) is 4.92. The predicted octanol–water partition coefficient (Wildman–Crippen LogP) is 1.03. The number of morpholine rings is 1. The maximum Gasteiger partial charge on any atom is 0.140 e. The van der Waals surface area contributed by atoms with Crippen molar-refractivity contribution in [2.75, 3.05) is 19.0 Å². The molecule has 0 radical (unpaired) electrons. The molecule has 1 atom stereocenters. The van der Waals surface area contributed by atoms with Crippen molar-refractivity contribution in [3.63, 3.8) is 0 Å². The number of halogens is 1. The molecule has 6 heteroatoms. The van der Waals surface area contributed by atoms with E-state index in [9.17, 15) is 0 Å². The van der Waals surface area contributed by atoms with Gasteiger partial charge in [0.1, 0.15) is 12.2 Å². The van der Waals surface area contributed by atoms with Gasteiger partial charge < -0.3 is 4.74 Å². The Balaban J connectivity index is 2.03. The average Bonchev–Trinajstić information content (AvgIpc) is 2.62. The Labute approximate surface area is 107 Å². The van der Waals surface area contributed by atoms with Gasteiger partial charge in [0.25, 0.3) is 0 Å². The second-order valence-electron chi connectivity index (χ2n) is 5.12. The average molecular weight is 259 g/mol. The summed E-state index contributed by atoms with van der Waals surface area (Å²) in [6.07, 6.45) is 1.67. The van der Waals surface area contributed by atoms with Gasteiger partial charge in [-0.05, 0) is 13.8 Å². The number of nitrogens with zero attached hydrogens (tertiary/aromatic N) is 4. The van der Waals surface area contributed by atoms with Crippen LogP contribution in [0.5, 0.6) is 0 Å². The zero-order chi connectivity index (χ0) is 12.5. The topological polar surface area (TPSA) is 43.2 Å². The van der Waals surface area contributed by atoms with E-state index in [0.29, 0.717) is 5.88 Å². The van der Waals surface area contributed by atoms with E-state index in [0.717, 1.165) is 25.5 Å². The number of aromatic nitrogens is 3. The van der Waals surface area contributed by atoms with Crippen LogP contribution in [0.1, 0.15) is 19.7 Å². The van der Waals surface area contributed by atoms with Crippen LogP contribution in [-0.2, 0) is 18.3 Å². The lowest BCUT2D eigenvalue weighted by atomic mass is 10.1. The van der Waals surface area contributed by atoms with Crippen LogP contribution in [0.2, 0.25) is 0 Å². The van der Waals surface area contributed by atoms with Crippen molar-refractivity contribution >= 4 is 11.6 Å². The fraction of sp³-hybridized carbons (Fsp3) is 0.818. The summed E-state index contributed by atoms with van der Waals surface area (Å²) >= 11 is 5.90. The third kappa shape index (κ3) is 3.18. The third-order valence-electron chi connectivity index (χ3n) is 2.89. The van der Waals surface area contributed by atoms with Crippen molar-refractivity contribution in [3.05, 3.63) is 12.2 Å². The van der Waals surface area contributed by atoms with E-state index in [1.165, 1.54) is 0 Å². The molecule has 1 unspecified atom stereocenters. The summed E-state index contributed by atoms with van der Waals surface area (Å²) in [5.74, 6) is 1.50. The number of rotatable bonds is 3. The molecule has 1 aromatic rings. The van der Waals surface area contributed by atoms with E-state index in [4.69, 9.17) is 16.3 Å². The maximum atomic E-state index is 5.90. The molecule has 0 spiro atoms. The Morgan fingerprint density at radius 3 is 2.94 bits per heavy atom. The SMILES string of the molecule is Cn1ncnc1CN1CC(CCl)OC(C)(C)C1. The quantitative estimate of drug-likeness (QED) is 0.760. The van der Waals surface area contributed by atoms with Crippen LogP contribution in [0.25, 0.3) is 0 Å². The first-order chi connectivity index (χ1) is 8.00. The van der Waals surface area contributed by atoms with Crippen LogP contribution in [0.4, 0.5) is 0 Å². The summed E-state index contributed by atoms with van der Waals surface area (Å²) in [5.41, 5.74) is -0.156. The molecular formula is C11H19ClN4O. The van der Waals surface area contributed by atoms with Gasteiger partial charge in [0, 0.05) is 26.0 Å². The lowest BCUT2D eigenvalue weighted by Crippen LogP contribution is -2.53. The van der Waals surface area contributed by atoms with Gasteiger partial charge in [0.05, 0.1) is 18.2 Å². The normalized spacial score (nSPS) is 25.1. The minimum Gasteiger partial charge on any atom is -0.368 e. The van der Waals surface area contributed by atoms with Crippen LogP contribution in [0, 0.1) is 0 Å². The van der Waals surface area contributed by atoms with Crippen LogP contribution in [-0.4, -0.2) is 50.3 Å². The molecule has 0 saturated carbocycles. The largest absolute Gasteiger partial charge is 0.368 e. The molecule has 1 aliphatic heterocycles. The number of aryl methyl sites for hydroxylation is 1. The fourth-order valence-corrected chi connectivity index (χ4v) is 2.44. The third-order valence-corrected chi connectivity index (χ3v) is 3.24. The smallest absolute Gasteiger partial charge is 0.140 e. The molecule has 1 fully saturated rings. The minimum atomic E-state index is -0.156. The van der Waals surface area contributed by atoms with Gasteiger partial charge in [-0.15, -0.1) is 11.6 Å². The Hall–Kier alpha value is -0.650. The molecule has 5 nitrogen and oxygen atoms in total. The summed E-state index contributed by atoms with van der Waals surface area (Å²) in [6.45, 7) is 6.70. The molecule has 1 aromatic heterocycles. The minimum absolute atomic E-state index is 0.0913. The van der Waals surface area contributed by atoms with E-state index in [1.807, 2.05) is 7.05 Å². The van der Waals surface area contributed by atoms with Crippen LogP contribution < -0.4 is 0 Å². The highest BCUT2D eigenvalue weighted by atomic mass is 35.5. The highest BCUT2D eigenvalue weighted by Crippen LogP contribution is 2.22. The van der Waals surface area contributed by atoms with E-state index >= 15 is 0 Å². The molecule has 96 valence electrons. The Morgan fingerprint density at radius 2 is 2.35 bits per heavy atom. The van der Waals surface area contributed by atoms with Crippen LogP contribution >= 0.6 is 11.6 Å². The number of alkyl halides is 1. The van der Waals surface area contributed by atoms with Gasteiger partial charge in [-0.2, -0.15) is 5.10 Å². The number of hydrogen-bond acceptors (Lipinski definition) is 4. The molecule has 0 aliphatic carbocycles. The molecule has 0 bridgehead atoms. The molecule has 0 aromatic carbocycles.